The molecule has 0 N–H and O–H groups in total. The molecule has 16 heavy (non-hydrogen) atoms. The van der Waals surface area contributed by atoms with Crippen LogP contribution in [0.5, 0.6) is 0 Å². The lowest BCUT2D eigenvalue weighted by molar-refractivity contribution is 0.171. The zero-order valence-corrected chi connectivity index (χ0v) is 13.5. The monoisotopic (exact) mass is 244 g/mol. The molecule has 0 saturated carbocycles. The normalized spacial score (nSPS) is 14.4. The second-order valence-corrected chi connectivity index (χ2v) is 8.70. The summed E-state index contributed by atoms with van der Waals surface area (Å²) in [5.74, 6) is 0.826. The van der Waals surface area contributed by atoms with Crippen LogP contribution in [0.1, 0.15) is 59.8 Å². The van der Waals surface area contributed by atoms with Crippen LogP contribution in [0.4, 0.5) is 0 Å². The highest BCUT2D eigenvalue weighted by molar-refractivity contribution is 6.48. The summed E-state index contributed by atoms with van der Waals surface area (Å²) in [5, 5.41) is 0. The molecule has 0 radical (unpaired) electrons. The first-order chi connectivity index (χ1) is 7.38. The highest BCUT2D eigenvalue weighted by Crippen LogP contribution is 2.33. The fourth-order valence-corrected chi connectivity index (χ4v) is 2.70. The Morgan fingerprint density at radius 2 is 1.69 bits per heavy atom. The van der Waals surface area contributed by atoms with Gasteiger partial charge in [-0.1, -0.05) is 47.0 Å². The average molecular weight is 244 g/mol. The van der Waals surface area contributed by atoms with E-state index in [0.29, 0.717) is 5.41 Å². The van der Waals surface area contributed by atoms with E-state index in [-0.39, 0.29) is 0 Å². The highest BCUT2D eigenvalue weighted by atomic mass is 28.3. The van der Waals surface area contributed by atoms with Crippen molar-refractivity contribution in [2.24, 2.45) is 11.3 Å². The van der Waals surface area contributed by atoms with Gasteiger partial charge >= 0.3 is 0 Å². The van der Waals surface area contributed by atoms with Crippen LogP contribution in [0.3, 0.4) is 0 Å². The molecule has 2 heteroatoms. The average Bonchev–Trinajstić information content (AvgIpc) is 2.13. The van der Waals surface area contributed by atoms with Crippen LogP contribution in [0.25, 0.3) is 0 Å². The molecule has 1 atom stereocenters. The van der Waals surface area contributed by atoms with Crippen molar-refractivity contribution in [3.63, 3.8) is 0 Å². The first-order valence-corrected chi connectivity index (χ1v) is 9.77. The largest absolute Gasteiger partial charge is 0.421 e. The summed E-state index contributed by atoms with van der Waals surface area (Å²) in [6.45, 7) is 14.9. The van der Waals surface area contributed by atoms with Gasteiger partial charge in [-0.2, -0.15) is 0 Å². The van der Waals surface area contributed by atoms with Gasteiger partial charge in [0.2, 0.25) is 0 Å². The molecule has 0 aliphatic heterocycles. The molecule has 0 aromatic rings. The number of unbranched alkanes of at least 4 members (excludes halogenated alkanes) is 2. The van der Waals surface area contributed by atoms with E-state index in [0.717, 1.165) is 12.5 Å². The smallest absolute Gasteiger partial charge is 0.170 e. The first-order valence-electron chi connectivity index (χ1n) is 6.99. The zero-order valence-electron chi connectivity index (χ0n) is 12.3. The third-order valence-corrected chi connectivity index (χ3v) is 4.20. The molecular formula is C14H32OSi. The molecule has 0 aromatic carbocycles. The van der Waals surface area contributed by atoms with Crippen LogP contribution in [-0.2, 0) is 4.43 Å². The summed E-state index contributed by atoms with van der Waals surface area (Å²) in [5.41, 5.74) is 0.440. The van der Waals surface area contributed by atoms with Crippen molar-refractivity contribution >= 4 is 9.04 Å². The molecule has 0 aromatic heterocycles. The minimum Gasteiger partial charge on any atom is -0.421 e. The van der Waals surface area contributed by atoms with Crippen molar-refractivity contribution in [3.05, 3.63) is 0 Å². The van der Waals surface area contributed by atoms with Crippen LogP contribution < -0.4 is 0 Å². The van der Waals surface area contributed by atoms with Gasteiger partial charge in [0.25, 0.3) is 0 Å². The van der Waals surface area contributed by atoms with Crippen molar-refractivity contribution in [2.75, 3.05) is 6.61 Å². The maximum Gasteiger partial charge on any atom is 0.170 e. The molecule has 0 heterocycles. The minimum absolute atomic E-state index is 0.440. The summed E-state index contributed by atoms with van der Waals surface area (Å²) < 4.78 is 5.81. The molecule has 0 saturated heterocycles. The van der Waals surface area contributed by atoms with Gasteiger partial charge in [-0.25, -0.2) is 0 Å². The first kappa shape index (κ1) is 16.2. The van der Waals surface area contributed by atoms with E-state index in [1.165, 1.54) is 32.1 Å². The van der Waals surface area contributed by atoms with Crippen LogP contribution in [0.15, 0.2) is 0 Å². The van der Waals surface area contributed by atoms with E-state index >= 15 is 0 Å². The van der Waals surface area contributed by atoms with Crippen molar-refractivity contribution in [1.82, 2.24) is 0 Å². The maximum atomic E-state index is 5.81. The molecule has 0 spiro atoms. The molecule has 0 amide bonds. The second-order valence-electron chi connectivity index (χ2n) is 6.27. The van der Waals surface area contributed by atoms with Crippen molar-refractivity contribution < 1.29 is 4.43 Å². The highest BCUT2D eigenvalue weighted by Gasteiger charge is 2.23. The van der Waals surface area contributed by atoms with Gasteiger partial charge in [0, 0.05) is 6.61 Å². The SMILES string of the molecule is CCCCCC(CCO[SiH](C)C)C(C)(C)C. The molecule has 0 bridgehead atoms. The standard InChI is InChI=1S/C14H32OSi/c1-7-8-9-10-13(14(2,3)4)11-12-15-16(5)6/h13,16H,7-12H2,1-6H3. The minimum atomic E-state index is -0.817. The second kappa shape index (κ2) is 8.29. The Labute approximate surface area is 105 Å². The van der Waals surface area contributed by atoms with Gasteiger partial charge in [0.05, 0.1) is 0 Å². The van der Waals surface area contributed by atoms with E-state index in [1.54, 1.807) is 0 Å². The van der Waals surface area contributed by atoms with Crippen molar-refractivity contribution in [2.45, 2.75) is 72.9 Å². The quantitative estimate of drug-likeness (QED) is 0.447. The van der Waals surface area contributed by atoms with E-state index in [4.69, 9.17) is 4.43 Å². The lowest BCUT2D eigenvalue weighted by Gasteiger charge is -2.31. The number of hydrogen-bond donors (Lipinski definition) is 0. The lowest BCUT2D eigenvalue weighted by atomic mass is 9.76. The topological polar surface area (TPSA) is 9.23 Å². The van der Waals surface area contributed by atoms with Crippen molar-refractivity contribution in [1.29, 1.82) is 0 Å². The van der Waals surface area contributed by atoms with Crippen molar-refractivity contribution in [3.8, 4) is 0 Å². The fourth-order valence-electron chi connectivity index (χ4n) is 2.10. The van der Waals surface area contributed by atoms with Crippen LogP contribution >= 0.6 is 0 Å². The Bertz CT molecular complexity index is 161. The van der Waals surface area contributed by atoms with Gasteiger partial charge in [-0.05, 0) is 37.3 Å². The van der Waals surface area contributed by atoms with Gasteiger partial charge in [0.1, 0.15) is 0 Å². The summed E-state index contributed by atoms with van der Waals surface area (Å²) in [7, 11) is -0.817. The van der Waals surface area contributed by atoms with Gasteiger partial charge in [-0.15, -0.1) is 0 Å². The number of hydrogen-bond acceptors (Lipinski definition) is 1. The fraction of sp³-hybridized carbons (Fsp3) is 1.00. The van der Waals surface area contributed by atoms with E-state index in [2.05, 4.69) is 40.8 Å². The van der Waals surface area contributed by atoms with Crippen LogP contribution in [-0.4, -0.2) is 15.6 Å². The molecule has 0 fully saturated rings. The molecule has 1 nitrogen and oxygen atoms in total. The Hall–Kier alpha value is 0.177. The van der Waals surface area contributed by atoms with E-state index in [9.17, 15) is 0 Å². The Morgan fingerprint density at radius 3 is 2.12 bits per heavy atom. The molecular weight excluding hydrogens is 212 g/mol. The number of rotatable bonds is 8. The molecule has 1 unspecified atom stereocenters. The van der Waals surface area contributed by atoms with E-state index in [1.807, 2.05) is 0 Å². The van der Waals surface area contributed by atoms with Gasteiger partial charge in [-0.3, -0.25) is 0 Å². The van der Waals surface area contributed by atoms with E-state index < -0.39 is 9.04 Å². The summed E-state index contributed by atoms with van der Waals surface area (Å²) in [6, 6.07) is 0. The predicted molar refractivity (Wildman–Crippen MR) is 76.5 cm³/mol. The Kier molecular flexibility index (Phi) is 8.39. The molecule has 0 aliphatic rings. The summed E-state index contributed by atoms with van der Waals surface area (Å²) >= 11 is 0. The summed E-state index contributed by atoms with van der Waals surface area (Å²) in [6.07, 6.45) is 6.72. The molecule has 98 valence electrons. The third-order valence-electron chi connectivity index (χ3n) is 3.30. The Balaban J connectivity index is 3.92. The third kappa shape index (κ3) is 8.34. The maximum absolute atomic E-state index is 5.81. The zero-order chi connectivity index (χ0) is 12.6. The molecule has 0 aliphatic carbocycles. The van der Waals surface area contributed by atoms with Crippen LogP contribution in [0.2, 0.25) is 13.1 Å². The van der Waals surface area contributed by atoms with Crippen LogP contribution in [0, 0.1) is 11.3 Å². The molecule has 0 rings (SSSR count). The van der Waals surface area contributed by atoms with Gasteiger partial charge < -0.3 is 4.43 Å². The lowest BCUT2D eigenvalue weighted by Crippen LogP contribution is -2.23. The van der Waals surface area contributed by atoms with Gasteiger partial charge in [0.15, 0.2) is 9.04 Å². The summed E-state index contributed by atoms with van der Waals surface area (Å²) in [4.78, 5) is 0. The predicted octanol–water partition coefficient (Wildman–Crippen LogP) is 4.62. The Morgan fingerprint density at radius 1 is 1.06 bits per heavy atom.